The molecular weight excluding hydrogens is 242 g/mol. The quantitative estimate of drug-likeness (QED) is 0.825. The molecule has 1 N–H and O–H groups in total. The van der Waals surface area contributed by atoms with Gasteiger partial charge in [-0.2, -0.15) is 4.98 Å². The number of aryl methyl sites for hydroxylation is 1. The minimum Gasteiger partial charge on any atom is -0.395 e. The van der Waals surface area contributed by atoms with Crippen LogP contribution in [0, 0.1) is 6.92 Å². The molecule has 19 heavy (non-hydrogen) atoms. The van der Waals surface area contributed by atoms with Gasteiger partial charge in [0.2, 0.25) is 5.95 Å². The summed E-state index contributed by atoms with van der Waals surface area (Å²) in [6, 6.07) is 1.99. The van der Waals surface area contributed by atoms with Gasteiger partial charge in [-0.3, -0.25) is 4.90 Å². The summed E-state index contributed by atoms with van der Waals surface area (Å²) in [6.45, 7) is 6.72. The number of β-amino-alcohol motifs (C(OH)–C–C–N with tert-alkyl or cyclic N) is 1. The fourth-order valence-electron chi connectivity index (χ4n) is 2.22. The van der Waals surface area contributed by atoms with Gasteiger partial charge in [-0.05, 0) is 6.92 Å². The molecule has 0 bridgehead atoms. The Morgan fingerprint density at radius 2 is 1.89 bits per heavy atom. The van der Waals surface area contributed by atoms with Crippen molar-refractivity contribution in [3.05, 3.63) is 11.8 Å². The van der Waals surface area contributed by atoms with E-state index in [9.17, 15) is 0 Å². The predicted molar refractivity (Wildman–Crippen MR) is 76.8 cm³/mol. The SMILES string of the molecule is Cc1cc(N(C)C)nc(N2CCN(CCO)CC2)n1. The Balaban J connectivity index is 2.06. The van der Waals surface area contributed by atoms with E-state index < -0.39 is 0 Å². The molecule has 0 atom stereocenters. The topological polar surface area (TPSA) is 55.7 Å². The second kappa shape index (κ2) is 6.16. The summed E-state index contributed by atoms with van der Waals surface area (Å²) in [6.07, 6.45) is 0. The van der Waals surface area contributed by atoms with Crippen LogP contribution in [0.25, 0.3) is 0 Å². The Morgan fingerprint density at radius 3 is 2.47 bits per heavy atom. The molecule has 1 aromatic heterocycles. The van der Waals surface area contributed by atoms with E-state index in [1.54, 1.807) is 0 Å². The molecule has 6 heteroatoms. The van der Waals surface area contributed by atoms with Gasteiger partial charge in [0.1, 0.15) is 5.82 Å². The van der Waals surface area contributed by atoms with Crippen molar-refractivity contribution >= 4 is 11.8 Å². The second-order valence-electron chi connectivity index (χ2n) is 5.11. The van der Waals surface area contributed by atoms with E-state index >= 15 is 0 Å². The first kappa shape index (κ1) is 14.0. The lowest BCUT2D eigenvalue weighted by Crippen LogP contribution is -2.47. The van der Waals surface area contributed by atoms with Crippen LogP contribution in [0.15, 0.2) is 6.07 Å². The molecule has 0 amide bonds. The maximum absolute atomic E-state index is 8.95. The van der Waals surface area contributed by atoms with Crippen LogP contribution in [-0.2, 0) is 0 Å². The van der Waals surface area contributed by atoms with Crippen LogP contribution < -0.4 is 9.80 Å². The molecule has 1 saturated heterocycles. The van der Waals surface area contributed by atoms with Crippen molar-refractivity contribution in [3.8, 4) is 0 Å². The van der Waals surface area contributed by atoms with E-state index in [4.69, 9.17) is 5.11 Å². The van der Waals surface area contributed by atoms with Gasteiger partial charge < -0.3 is 14.9 Å². The van der Waals surface area contributed by atoms with Gasteiger partial charge in [0.25, 0.3) is 0 Å². The molecule has 1 fully saturated rings. The van der Waals surface area contributed by atoms with Crippen LogP contribution in [0.3, 0.4) is 0 Å². The third-order valence-corrected chi connectivity index (χ3v) is 3.36. The molecule has 6 nitrogen and oxygen atoms in total. The van der Waals surface area contributed by atoms with Crippen molar-refractivity contribution in [2.24, 2.45) is 0 Å². The maximum Gasteiger partial charge on any atom is 0.227 e. The molecule has 0 saturated carbocycles. The Morgan fingerprint density at radius 1 is 1.21 bits per heavy atom. The number of aliphatic hydroxyl groups is 1. The minimum atomic E-state index is 0.228. The van der Waals surface area contributed by atoms with Crippen LogP contribution in [0.1, 0.15) is 5.69 Å². The summed E-state index contributed by atoms with van der Waals surface area (Å²) < 4.78 is 0. The van der Waals surface area contributed by atoms with E-state index in [-0.39, 0.29) is 6.61 Å². The number of piperazine rings is 1. The van der Waals surface area contributed by atoms with Crippen LogP contribution in [0.4, 0.5) is 11.8 Å². The summed E-state index contributed by atoms with van der Waals surface area (Å²) >= 11 is 0. The van der Waals surface area contributed by atoms with E-state index in [0.717, 1.165) is 50.2 Å². The molecule has 1 aliphatic heterocycles. The van der Waals surface area contributed by atoms with Crippen molar-refractivity contribution in [1.82, 2.24) is 14.9 Å². The fraction of sp³-hybridized carbons (Fsp3) is 0.692. The number of hydrogen-bond donors (Lipinski definition) is 1. The van der Waals surface area contributed by atoms with Crippen LogP contribution in [0.2, 0.25) is 0 Å². The zero-order chi connectivity index (χ0) is 13.8. The van der Waals surface area contributed by atoms with Gasteiger partial charge >= 0.3 is 0 Å². The van der Waals surface area contributed by atoms with E-state index in [0.29, 0.717) is 0 Å². The highest BCUT2D eigenvalue weighted by molar-refractivity contribution is 5.45. The van der Waals surface area contributed by atoms with Gasteiger partial charge in [0.05, 0.1) is 6.61 Å². The van der Waals surface area contributed by atoms with Crippen molar-refractivity contribution in [1.29, 1.82) is 0 Å². The van der Waals surface area contributed by atoms with E-state index in [1.807, 2.05) is 32.0 Å². The van der Waals surface area contributed by atoms with Gasteiger partial charge in [-0.15, -0.1) is 0 Å². The maximum atomic E-state index is 8.95. The van der Waals surface area contributed by atoms with Crippen molar-refractivity contribution in [3.63, 3.8) is 0 Å². The molecule has 0 radical (unpaired) electrons. The highest BCUT2D eigenvalue weighted by Gasteiger charge is 2.19. The average Bonchev–Trinajstić information content (AvgIpc) is 2.39. The van der Waals surface area contributed by atoms with E-state index in [2.05, 4.69) is 19.8 Å². The molecule has 1 aliphatic rings. The largest absolute Gasteiger partial charge is 0.395 e. The van der Waals surface area contributed by atoms with Crippen molar-refractivity contribution in [2.75, 3.05) is 63.2 Å². The average molecular weight is 265 g/mol. The number of hydrogen-bond acceptors (Lipinski definition) is 6. The zero-order valence-electron chi connectivity index (χ0n) is 12.0. The highest BCUT2D eigenvalue weighted by Crippen LogP contribution is 2.17. The molecule has 106 valence electrons. The molecule has 0 unspecified atom stereocenters. The first-order valence-electron chi connectivity index (χ1n) is 6.71. The molecule has 1 aromatic rings. The fourth-order valence-corrected chi connectivity index (χ4v) is 2.22. The summed E-state index contributed by atoms with van der Waals surface area (Å²) in [5.41, 5.74) is 0.992. The van der Waals surface area contributed by atoms with Crippen molar-refractivity contribution in [2.45, 2.75) is 6.92 Å². The first-order valence-corrected chi connectivity index (χ1v) is 6.71. The second-order valence-corrected chi connectivity index (χ2v) is 5.11. The number of rotatable bonds is 4. The standard InChI is InChI=1S/C13H23N5O/c1-11-10-12(16(2)3)15-13(14-11)18-6-4-17(5-7-18)8-9-19/h10,19H,4-9H2,1-3H3. The van der Waals surface area contributed by atoms with Crippen LogP contribution in [-0.4, -0.2) is 73.4 Å². The van der Waals surface area contributed by atoms with Gasteiger partial charge in [0, 0.05) is 58.6 Å². The normalized spacial score (nSPS) is 16.7. The Bertz CT molecular complexity index is 415. The summed E-state index contributed by atoms with van der Waals surface area (Å²) in [4.78, 5) is 15.6. The lowest BCUT2D eigenvalue weighted by molar-refractivity contribution is 0.188. The Labute approximate surface area is 114 Å². The van der Waals surface area contributed by atoms with Crippen LogP contribution >= 0.6 is 0 Å². The van der Waals surface area contributed by atoms with Gasteiger partial charge in [0.15, 0.2) is 0 Å². The Kier molecular flexibility index (Phi) is 4.55. The van der Waals surface area contributed by atoms with Crippen molar-refractivity contribution < 1.29 is 5.11 Å². The lowest BCUT2D eigenvalue weighted by atomic mass is 10.3. The highest BCUT2D eigenvalue weighted by atomic mass is 16.3. The van der Waals surface area contributed by atoms with Gasteiger partial charge in [-0.1, -0.05) is 0 Å². The molecule has 0 aliphatic carbocycles. The third kappa shape index (κ3) is 3.54. The summed E-state index contributed by atoms with van der Waals surface area (Å²) in [5, 5.41) is 8.95. The first-order chi connectivity index (χ1) is 9.10. The molecule has 2 heterocycles. The number of anilines is 2. The molecule has 0 aromatic carbocycles. The van der Waals surface area contributed by atoms with Crippen LogP contribution in [0.5, 0.6) is 0 Å². The zero-order valence-corrected chi connectivity index (χ0v) is 12.0. The third-order valence-electron chi connectivity index (χ3n) is 3.36. The lowest BCUT2D eigenvalue weighted by Gasteiger charge is -2.34. The van der Waals surface area contributed by atoms with E-state index in [1.165, 1.54) is 0 Å². The number of aliphatic hydroxyl groups excluding tert-OH is 1. The smallest absolute Gasteiger partial charge is 0.227 e. The molecular formula is C13H23N5O. The van der Waals surface area contributed by atoms with Gasteiger partial charge in [-0.25, -0.2) is 4.98 Å². The molecule has 0 spiro atoms. The Hall–Kier alpha value is -1.40. The summed E-state index contributed by atoms with van der Waals surface area (Å²) in [5.74, 6) is 1.76. The monoisotopic (exact) mass is 265 g/mol. The minimum absolute atomic E-state index is 0.228. The summed E-state index contributed by atoms with van der Waals surface area (Å²) in [7, 11) is 3.98. The predicted octanol–water partition coefficient (Wildman–Crippen LogP) is -0.0347. The molecule has 2 rings (SSSR count). The number of aromatic nitrogens is 2. The number of nitrogens with zero attached hydrogens (tertiary/aromatic N) is 5.